The molecule has 0 spiro atoms. The number of hydrogen-bond donors (Lipinski definition) is 2. The molecule has 2 rings (SSSR count). The van der Waals surface area contributed by atoms with E-state index in [-0.39, 0.29) is 23.9 Å². The van der Waals surface area contributed by atoms with Crippen molar-refractivity contribution in [1.29, 1.82) is 0 Å². The summed E-state index contributed by atoms with van der Waals surface area (Å²) in [5.74, 6) is -1.22. The Morgan fingerprint density at radius 2 is 1.73 bits per heavy atom. The Kier molecular flexibility index (Phi) is 6.91. The number of amides is 1. The summed E-state index contributed by atoms with van der Waals surface area (Å²) in [6.07, 6.45) is 0. The van der Waals surface area contributed by atoms with Crippen LogP contribution in [0.25, 0.3) is 0 Å². The largest absolute Gasteiger partial charge is 0.348 e. The first-order valence-corrected chi connectivity index (χ1v) is 10.4. The zero-order valence-electron chi connectivity index (χ0n) is 14.4. The van der Waals surface area contributed by atoms with Crippen LogP contribution in [0.15, 0.2) is 46.9 Å². The Morgan fingerprint density at radius 3 is 2.31 bits per heavy atom. The molecule has 1 amide bonds. The zero-order valence-corrected chi connectivity index (χ0v) is 16.8. The van der Waals surface area contributed by atoms with E-state index in [0.29, 0.717) is 10.0 Å². The van der Waals surface area contributed by atoms with Crippen LogP contribution >= 0.6 is 15.9 Å². The van der Waals surface area contributed by atoms with Gasteiger partial charge in [0.15, 0.2) is 0 Å². The number of benzene rings is 2. The first kappa shape index (κ1) is 20.5. The van der Waals surface area contributed by atoms with Gasteiger partial charge in [-0.1, -0.05) is 40.2 Å². The van der Waals surface area contributed by atoms with Gasteiger partial charge in [0, 0.05) is 17.1 Å². The summed E-state index contributed by atoms with van der Waals surface area (Å²) in [4.78, 5) is 12.1. The van der Waals surface area contributed by atoms with Gasteiger partial charge in [0.05, 0.1) is 11.3 Å². The molecular weight excluding hydrogens is 423 g/mol. The number of halogens is 2. The molecule has 0 atom stereocenters. The molecule has 0 bridgehead atoms. The fourth-order valence-electron chi connectivity index (χ4n) is 2.32. The lowest BCUT2D eigenvalue weighted by Crippen LogP contribution is -2.31. The highest BCUT2D eigenvalue weighted by Gasteiger charge is 2.14. The van der Waals surface area contributed by atoms with Crippen molar-refractivity contribution in [1.82, 2.24) is 10.0 Å². The second kappa shape index (κ2) is 8.75. The molecule has 8 heteroatoms. The molecule has 0 aliphatic carbocycles. The van der Waals surface area contributed by atoms with Gasteiger partial charge in [-0.2, -0.15) is 0 Å². The minimum atomic E-state index is -3.38. The summed E-state index contributed by atoms with van der Waals surface area (Å²) in [5, 5.41) is 2.64. The van der Waals surface area contributed by atoms with Crippen molar-refractivity contribution in [2.45, 2.75) is 32.2 Å². The van der Waals surface area contributed by atoms with Crippen LogP contribution < -0.4 is 10.0 Å². The SMILES string of the molecule is CC(C)NS(=O)(=O)Cc1ccc(CNC(=O)c2ccc(Br)cc2F)cc1. The Labute approximate surface area is 161 Å². The summed E-state index contributed by atoms with van der Waals surface area (Å²) >= 11 is 3.14. The highest BCUT2D eigenvalue weighted by molar-refractivity contribution is 9.10. The van der Waals surface area contributed by atoms with E-state index in [4.69, 9.17) is 0 Å². The first-order valence-electron chi connectivity index (χ1n) is 7.97. The number of nitrogens with one attached hydrogen (secondary N) is 2. The summed E-state index contributed by atoms with van der Waals surface area (Å²) < 4.78 is 40.7. The lowest BCUT2D eigenvalue weighted by Gasteiger charge is -2.10. The average Bonchev–Trinajstić information content (AvgIpc) is 2.52. The highest BCUT2D eigenvalue weighted by atomic mass is 79.9. The lowest BCUT2D eigenvalue weighted by atomic mass is 10.1. The summed E-state index contributed by atoms with van der Waals surface area (Å²) in [6.45, 7) is 3.74. The van der Waals surface area contributed by atoms with Crippen LogP contribution in [0.4, 0.5) is 4.39 Å². The van der Waals surface area contributed by atoms with E-state index in [1.807, 2.05) is 0 Å². The van der Waals surface area contributed by atoms with E-state index in [2.05, 4.69) is 26.0 Å². The number of carbonyl (C=O) groups is 1. The third-order valence-electron chi connectivity index (χ3n) is 3.42. The van der Waals surface area contributed by atoms with Crippen molar-refractivity contribution >= 4 is 31.9 Å². The molecule has 0 aliphatic rings. The maximum Gasteiger partial charge on any atom is 0.254 e. The summed E-state index contributed by atoms with van der Waals surface area (Å²) in [6, 6.07) is 10.9. The quantitative estimate of drug-likeness (QED) is 0.690. The Hall–Kier alpha value is -1.77. The minimum Gasteiger partial charge on any atom is -0.348 e. The molecule has 5 nitrogen and oxygen atoms in total. The fourth-order valence-corrected chi connectivity index (χ4v) is 4.09. The summed E-state index contributed by atoms with van der Waals surface area (Å²) in [5.41, 5.74) is 1.40. The van der Waals surface area contributed by atoms with Crippen molar-refractivity contribution in [2.24, 2.45) is 0 Å². The molecule has 2 N–H and O–H groups in total. The second-order valence-electron chi connectivity index (χ2n) is 6.15. The number of rotatable bonds is 7. The van der Waals surface area contributed by atoms with Crippen molar-refractivity contribution in [3.63, 3.8) is 0 Å². The van der Waals surface area contributed by atoms with Crippen molar-refractivity contribution < 1.29 is 17.6 Å². The molecule has 26 heavy (non-hydrogen) atoms. The summed E-state index contributed by atoms with van der Waals surface area (Å²) in [7, 11) is -3.38. The van der Waals surface area contributed by atoms with Gasteiger partial charge in [-0.15, -0.1) is 0 Å². The molecule has 2 aromatic rings. The van der Waals surface area contributed by atoms with Gasteiger partial charge in [-0.3, -0.25) is 4.79 Å². The molecule has 0 saturated heterocycles. The van der Waals surface area contributed by atoms with E-state index >= 15 is 0 Å². The Balaban J connectivity index is 1.96. The maximum atomic E-state index is 13.8. The highest BCUT2D eigenvalue weighted by Crippen LogP contribution is 2.15. The van der Waals surface area contributed by atoms with Crippen molar-refractivity contribution in [2.75, 3.05) is 0 Å². The molecule has 0 fully saturated rings. The number of carbonyl (C=O) groups excluding carboxylic acids is 1. The predicted molar refractivity (Wildman–Crippen MR) is 103 cm³/mol. The topological polar surface area (TPSA) is 75.3 Å². The molecule has 0 unspecified atom stereocenters. The first-order chi connectivity index (χ1) is 12.2. The molecule has 0 radical (unpaired) electrons. The minimum absolute atomic E-state index is 0.0318. The third-order valence-corrected chi connectivity index (χ3v) is 5.46. The van der Waals surface area contributed by atoms with E-state index in [1.165, 1.54) is 12.1 Å². The fraction of sp³-hybridized carbons (Fsp3) is 0.278. The van der Waals surface area contributed by atoms with E-state index in [9.17, 15) is 17.6 Å². The van der Waals surface area contributed by atoms with Gasteiger partial charge in [0.25, 0.3) is 5.91 Å². The monoisotopic (exact) mass is 442 g/mol. The molecule has 0 aliphatic heterocycles. The molecule has 0 aromatic heterocycles. The Bertz CT molecular complexity index is 884. The van der Waals surface area contributed by atoms with Crippen LogP contribution in [0.2, 0.25) is 0 Å². The van der Waals surface area contributed by atoms with Crippen LogP contribution in [0, 0.1) is 5.82 Å². The standard InChI is InChI=1S/C18H20BrFN2O3S/c1-12(2)22-26(24,25)11-14-5-3-13(4-6-14)10-21-18(23)16-8-7-15(19)9-17(16)20/h3-9,12,22H,10-11H2,1-2H3,(H,21,23). The van der Waals surface area contributed by atoms with Crippen LogP contribution in [0.3, 0.4) is 0 Å². The van der Waals surface area contributed by atoms with Crippen LogP contribution in [0.5, 0.6) is 0 Å². The maximum absolute atomic E-state index is 13.8. The van der Waals surface area contributed by atoms with E-state index in [0.717, 1.165) is 5.56 Å². The molecule has 0 saturated carbocycles. The van der Waals surface area contributed by atoms with Crippen LogP contribution in [0.1, 0.15) is 35.3 Å². The number of hydrogen-bond acceptors (Lipinski definition) is 3. The van der Waals surface area contributed by atoms with Crippen LogP contribution in [-0.4, -0.2) is 20.4 Å². The van der Waals surface area contributed by atoms with E-state index in [1.54, 1.807) is 44.2 Å². The zero-order chi connectivity index (χ0) is 19.3. The number of sulfonamides is 1. The van der Waals surface area contributed by atoms with Gasteiger partial charge in [0.2, 0.25) is 10.0 Å². The van der Waals surface area contributed by atoms with Gasteiger partial charge in [-0.05, 0) is 43.2 Å². The normalized spacial score (nSPS) is 11.6. The van der Waals surface area contributed by atoms with Crippen LogP contribution in [-0.2, 0) is 22.3 Å². The van der Waals surface area contributed by atoms with Crippen molar-refractivity contribution in [3.8, 4) is 0 Å². The molecule has 0 heterocycles. The van der Waals surface area contributed by atoms with Crippen molar-refractivity contribution in [3.05, 3.63) is 69.4 Å². The Morgan fingerprint density at radius 1 is 1.12 bits per heavy atom. The second-order valence-corrected chi connectivity index (χ2v) is 8.82. The average molecular weight is 443 g/mol. The molecular formula is C18H20BrFN2O3S. The van der Waals surface area contributed by atoms with Gasteiger partial charge >= 0.3 is 0 Å². The molecule has 140 valence electrons. The van der Waals surface area contributed by atoms with Gasteiger partial charge < -0.3 is 5.32 Å². The van der Waals surface area contributed by atoms with Gasteiger partial charge in [0.1, 0.15) is 5.82 Å². The molecule has 2 aromatic carbocycles. The van der Waals surface area contributed by atoms with Gasteiger partial charge in [-0.25, -0.2) is 17.5 Å². The predicted octanol–water partition coefficient (Wildman–Crippen LogP) is 3.35. The lowest BCUT2D eigenvalue weighted by molar-refractivity contribution is 0.0947. The van der Waals surface area contributed by atoms with E-state index < -0.39 is 21.7 Å². The third kappa shape index (κ3) is 6.19. The smallest absolute Gasteiger partial charge is 0.254 e.